The van der Waals surface area contributed by atoms with E-state index in [0.717, 1.165) is 0 Å². The normalized spacial score (nSPS) is 9.75. The van der Waals surface area contributed by atoms with E-state index >= 15 is 0 Å². The van der Waals surface area contributed by atoms with Crippen molar-refractivity contribution in [1.29, 1.82) is 0 Å². The van der Waals surface area contributed by atoms with E-state index in [9.17, 15) is 4.79 Å². The Morgan fingerprint density at radius 2 is 1.81 bits per heavy atom. The summed E-state index contributed by atoms with van der Waals surface area (Å²) in [6, 6.07) is 1.50. The average molecular weight is 246 g/mol. The zero-order chi connectivity index (χ0) is 12.3. The molecule has 0 bridgehead atoms. The summed E-state index contributed by atoms with van der Waals surface area (Å²) < 4.78 is 14.6. The number of rotatable bonds is 3. The minimum absolute atomic E-state index is 0.0420. The number of carbonyl (C=O) groups is 1. The lowest BCUT2D eigenvalue weighted by atomic mass is 10.1. The molecular formula is C10H12ClNO4. The van der Waals surface area contributed by atoms with Crippen LogP contribution < -0.4 is 15.2 Å². The molecule has 5 nitrogen and oxygen atoms in total. The molecule has 0 spiro atoms. The van der Waals surface area contributed by atoms with Crippen LogP contribution in [0, 0.1) is 0 Å². The van der Waals surface area contributed by atoms with Gasteiger partial charge in [-0.15, -0.1) is 0 Å². The fraction of sp³-hybridized carbons (Fsp3) is 0.300. The second-order valence-corrected chi connectivity index (χ2v) is 3.25. The van der Waals surface area contributed by atoms with Crippen LogP contribution in [0.15, 0.2) is 6.07 Å². The Bertz CT molecular complexity index is 392. The van der Waals surface area contributed by atoms with Crippen LogP contribution in [-0.2, 0) is 4.74 Å². The number of nitrogen functional groups attached to an aromatic ring is 1. The highest BCUT2D eigenvalue weighted by Gasteiger charge is 2.22. The van der Waals surface area contributed by atoms with Gasteiger partial charge < -0.3 is 19.9 Å². The van der Waals surface area contributed by atoms with E-state index < -0.39 is 5.97 Å². The fourth-order valence-electron chi connectivity index (χ4n) is 1.24. The molecule has 0 aliphatic rings. The van der Waals surface area contributed by atoms with Gasteiger partial charge in [0.05, 0.1) is 32.0 Å². The van der Waals surface area contributed by atoms with E-state index in [0.29, 0.717) is 11.5 Å². The summed E-state index contributed by atoms with van der Waals surface area (Å²) in [6.07, 6.45) is 0. The molecule has 0 radical (unpaired) electrons. The van der Waals surface area contributed by atoms with Gasteiger partial charge in [0.2, 0.25) is 0 Å². The van der Waals surface area contributed by atoms with E-state index in [1.54, 1.807) is 0 Å². The number of esters is 1. The molecular weight excluding hydrogens is 234 g/mol. The lowest BCUT2D eigenvalue weighted by Gasteiger charge is -2.13. The standard InChI is InChI=1S/C10H12ClNO4/c1-14-5-4-6(15-2)9(12)7(8(5)11)10(13)16-3/h4H,12H2,1-3H3. The zero-order valence-corrected chi connectivity index (χ0v) is 9.92. The summed E-state index contributed by atoms with van der Waals surface area (Å²) in [5, 5.41) is 0.104. The predicted molar refractivity (Wildman–Crippen MR) is 60.3 cm³/mol. The summed E-state index contributed by atoms with van der Waals surface area (Å²) in [5.41, 5.74) is 5.90. The summed E-state index contributed by atoms with van der Waals surface area (Å²) in [4.78, 5) is 11.5. The number of halogens is 1. The number of anilines is 1. The molecule has 0 fully saturated rings. The Labute approximate surface area is 98.0 Å². The molecule has 0 heterocycles. The average Bonchev–Trinajstić information content (AvgIpc) is 2.29. The third-order valence-electron chi connectivity index (χ3n) is 2.06. The molecule has 0 unspecified atom stereocenters. The van der Waals surface area contributed by atoms with Crippen molar-refractivity contribution < 1.29 is 19.0 Å². The highest BCUT2D eigenvalue weighted by molar-refractivity contribution is 6.36. The van der Waals surface area contributed by atoms with Crippen LogP contribution in [0.4, 0.5) is 5.69 Å². The van der Waals surface area contributed by atoms with Crippen LogP contribution in [0.2, 0.25) is 5.02 Å². The quantitative estimate of drug-likeness (QED) is 0.649. The maximum absolute atomic E-state index is 11.5. The van der Waals surface area contributed by atoms with Crippen LogP contribution in [-0.4, -0.2) is 27.3 Å². The van der Waals surface area contributed by atoms with Gasteiger partial charge in [-0.2, -0.15) is 0 Å². The molecule has 88 valence electrons. The van der Waals surface area contributed by atoms with Crippen LogP contribution in [0.3, 0.4) is 0 Å². The highest BCUT2D eigenvalue weighted by atomic mass is 35.5. The van der Waals surface area contributed by atoms with Gasteiger partial charge in [0.25, 0.3) is 0 Å². The smallest absolute Gasteiger partial charge is 0.341 e. The third-order valence-corrected chi connectivity index (χ3v) is 2.44. The summed E-state index contributed by atoms with van der Waals surface area (Å²) in [7, 11) is 4.10. The van der Waals surface area contributed by atoms with Crippen molar-refractivity contribution in [2.75, 3.05) is 27.1 Å². The fourth-order valence-corrected chi connectivity index (χ4v) is 1.55. The monoisotopic (exact) mass is 245 g/mol. The second-order valence-electron chi connectivity index (χ2n) is 2.88. The van der Waals surface area contributed by atoms with Gasteiger partial charge in [0, 0.05) is 6.07 Å². The van der Waals surface area contributed by atoms with Gasteiger partial charge in [-0.1, -0.05) is 11.6 Å². The maximum atomic E-state index is 11.5. The molecule has 0 saturated heterocycles. The van der Waals surface area contributed by atoms with Crippen molar-refractivity contribution in [3.8, 4) is 11.5 Å². The predicted octanol–water partition coefficient (Wildman–Crippen LogP) is 1.73. The molecule has 0 amide bonds. The second kappa shape index (κ2) is 4.94. The molecule has 2 N–H and O–H groups in total. The molecule has 16 heavy (non-hydrogen) atoms. The molecule has 0 saturated carbocycles. The summed E-state index contributed by atoms with van der Waals surface area (Å²) >= 11 is 5.96. The molecule has 0 atom stereocenters. The SMILES string of the molecule is COC(=O)c1c(N)c(OC)cc(OC)c1Cl. The van der Waals surface area contributed by atoms with Crippen molar-refractivity contribution >= 4 is 23.3 Å². The van der Waals surface area contributed by atoms with Gasteiger partial charge in [0.15, 0.2) is 0 Å². The Morgan fingerprint density at radius 3 is 2.25 bits per heavy atom. The van der Waals surface area contributed by atoms with Crippen LogP contribution in [0.1, 0.15) is 10.4 Å². The number of ether oxygens (including phenoxy) is 3. The van der Waals surface area contributed by atoms with E-state index in [4.69, 9.17) is 26.8 Å². The van der Waals surface area contributed by atoms with Crippen molar-refractivity contribution in [1.82, 2.24) is 0 Å². The molecule has 1 aromatic carbocycles. The van der Waals surface area contributed by atoms with E-state index in [1.807, 2.05) is 0 Å². The van der Waals surface area contributed by atoms with Gasteiger partial charge in [0.1, 0.15) is 17.1 Å². The largest absolute Gasteiger partial charge is 0.495 e. The lowest BCUT2D eigenvalue weighted by Crippen LogP contribution is -2.09. The first kappa shape index (κ1) is 12.4. The number of hydrogen-bond acceptors (Lipinski definition) is 5. The highest BCUT2D eigenvalue weighted by Crippen LogP contribution is 2.39. The number of benzene rings is 1. The zero-order valence-electron chi connectivity index (χ0n) is 9.17. The Balaban J connectivity index is 3.49. The Hall–Kier alpha value is -1.62. The Kier molecular flexibility index (Phi) is 3.84. The number of hydrogen-bond donors (Lipinski definition) is 1. The van der Waals surface area contributed by atoms with E-state index in [1.165, 1.54) is 27.4 Å². The van der Waals surface area contributed by atoms with Crippen molar-refractivity contribution in [2.24, 2.45) is 0 Å². The molecule has 0 aliphatic carbocycles. The van der Waals surface area contributed by atoms with E-state index in [-0.39, 0.29) is 16.3 Å². The molecule has 6 heteroatoms. The minimum atomic E-state index is -0.639. The number of nitrogens with two attached hydrogens (primary N) is 1. The first-order chi connectivity index (χ1) is 7.56. The van der Waals surface area contributed by atoms with Crippen molar-refractivity contribution in [2.45, 2.75) is 0 Å². The van der Waals surface area contributed by atoms with E-state index in [2.05, 4.69) is 4.74 Å². The van der Waals surface area contributed by atoms with Crippen LogP contribution in [0.25, 0.3) is 0 Å². The first-order valence-corrected chi connectivity index (χ1v) is 4.72. The summed E-state index contributed by atoms with van der Waals surface area (Å²) in [5.74, 6) is -0.0329. The summed E-state index contributed by atoms with van der Waals surface area (Å²) in [6.45, 7) is 0. The molecule has 1 aromatic rings. The molecule has 0 aromatic heterocycles. The van der Waals surface area contributed by atoms with Gasteiger partial charge >= 0.3 is 5.97 Å². The minimum Gasteiger partial charge on any atom is -0.495 e. The number of methoxy groups -OCH3 is 3. The van der Waals surface area contributed by atoms with Gasteiger partial charge in [-0.3, -0.25) is 0 Å². The molecule has 1 rings (SSSR count). The van der Waals surface area contributed by atoms with Crippen LogP contribution in [0.5, 0.6) is 11.5 Å². The Morgan fingerprint density at radius 1 is 1.25 bits per heavy atom. The van der Waals surface area contributed by atoms with Gasteiger partial charge in [-0.25, -0.2) is 4.79 Å². The third kappa shape index (κ3) is 1.99. The van der Waals surface area contributed by atoms with Crippen LogP contribution >= 0.6 is 11.6 Å². The molecule has 0 aliphatic heterocycles. The number of carbonyl (C=O) groups excluding carboxylic acids is 1. The lowest BCUT2D eigenvalue weighted by molar-refractivity contribution is 0.0601. The topological polar surface area (TPSA) is 70.8 Å². The first-order valence-electron chi connectivity index (χ1n) is 4.35. The van der Waals surface area contributed by atoms with Crippen molar-refractivity contribution in [3.63, 3.8) is 0 Å². The maximum Gasteiger partial charge on any atom is 0.341 e. The van der Waals surface area contributed by atoms with Gasteiger partial charge in [-0.05, 0) is 0 Å². The van der Waals surface area contributed by atoms with Crippen molar-refractivity contribution in [3.05, 3.63) is 16.7 Å².